The van der Waals surface area contributed by atoms with Crippen molar-refractivity contribution in [3.05, 3.63) is 77.9 Å². The summed E-state index contributed by atoms with van der Waals surface area (Å²) in [7, 11) is 1.67. The number of para-hydroxylation sites is 1. The molecule has 2 aromatic carbocycles. The molecule has 4 heteroatoms. The Kier molecular flexibility index (Phi) is 4.24. The van der Waals surface area contributed by atoms with E-state index in [-0.39, 0.29) is 0 Å². The number of rotatable bonds is 3. The Hall–Kier alpha value is -2.88. The van der Waals surface area contributed by atoms with Gasteiger partial charge >= 0.3 is 0 Å². The van der Waals surface area contributed by atoms with Crippen LogP contribution < -0.4 is 4.74 Å². The molecule has 0 atom stereocenters. The molecule has 1 aromatic heterocycles. The average Bonchev–Trinajstić information content (AvgIpc) is 3.00. The third kappa shape index (κ3) is 3.01. The summed E-state index contributed by atoms with van der Waals surface area (Å²) < 4.78 is 7.47. The van der Waals surface area contributed by atoms with Gasteiger partial charge < -0.3 is 4.74 Å². The highest BCUT2D eigenvalue weighted by Gasteiger charge is 2.12. The lowest BCUT2D eigenvalue weighted by molar-refractivity contribution is 0.416. The first-order valence-electron chi connectivity index (χ1n) is 7.48. The smallest absolute Gasteiger partial charge is 0.146 e. The molecule has 0 aliphatic rings. The SMILES string of the molecule is COc1cccc(C)c1N=C(c1ccccc1)n1ccnc1C. The standard InChI is InChI=1S/C19H19N3O/c1-14-8-7-11-17(23-3)18(14)21-19(16-9-5-4-6-10-16)22-13-12-20-15(22)2/h4-13H,1-3H3. The third-order valence-corrected chi connectivity index (χ3v) is 3.72. The van der Waals surface area contributed by atoms with Crippen LogP contribution in [0.15, 0.2) is 65.9 Å². The Balaban J connectivity index is 2.23. The summed E-state index contributed by atoms with van der Waals surface area (Å²) in [6.07, 6.45) is 3.70. The first-order chi connectivity index (χ1) is 11.2. The van der Waals surface area contributed by atoms with Crippen molar-refractivity contribution in [3.8, 4) is 5.75 Å². The fourth-order valence-corrected chi connectivity index (χ4v) is 2.49. The van der Waals surface area contributed by atoms with E-state index in [4.69, 9.17) is 9.73 Å². The molecule has 3 rings (SSSR count). The molecule has 0 fully saturated rings. The molecule has 1 heterocycles. The molecule has 0 bridgehead atoms. The number of hydrogen-bond donors (Lipinski definition) is 0. The minimum Gasteiger partial charge on any atom is -0.494 e. The van der Waals surface area contributed by atoms with Crippen LogP contribution in [0.4, 0.5) is 5.69 Å². The van der Waals surface area contributed by atoms with Crippen LogP contribution in [0.3, 0.4) is 0 Å². The number of imidazole rings is 1. The largest absolute Gasteiger partial charge is 0.494 e. The van der Waals surface area contributed by atoms with Crippen molar-refractivity contribution in [2.75, 3.05) is 7.11 Å². The molecular weight excluding hydrogens is 286 g/mol. The highest BCUT2D eigenvalue weighted by Crippen LogP contribution is 2.31. The zero-order chi connectivity index (χ0) is 16.2. The van der Waals surface area contributed by atoms with Gasteiger partial charge in [0.1, 0.15) is 23.1 Å². The van der Waals surface area contributed by atoms with Crippen molar-refractivity contribution < 1.29 is 4.74 Å². The van der Waals surface area contributed by atoms with Crippen LogP contribution in [0.25, 0.3) is 0 Å². The zero-order valence-electron chi connectivity index (χ0n) is 13.5. The lowest BCUT2D eigenvalue weighted by atomic mass is 10.1. The Morgan fingerprint density at radius 2 is 1.83 bits per heavy atom. The number of aryl methyl sites for hydroxylation is 2. The molecule has 0 radical (unpaired) electrons. The molecule has 0 saturated carbocycles. The Labute approximate surface area is 136 Å². The van der Waals surface area contributed by atoms with Gasteiger partial charge in [-0.2, -0.15) is 0 Å². The van der Waals surface area contributed by atoms with Crippen LogP contribution in [0.5, 0.6) is 5.75 Å². The van der Waals surface area contributed by atoms with Gasteiger partial charge in [-0.25, -0.2) is 9.98 Å². The van der Waals surface area contributed by atoms with Gasteiger partial charge in [0.15, 0.2) is 0 Å². The van der Waals surface area contributed by atoms with Gasteiger partial charge in [0.05, 0.1) is 7.11 Å². The summed E-state index contributed by atoms with van der Waals surface area (Å²) in [6.45, 7) is 4.00. The molecule has 0 amide bonds. The Bertz CT molecular complexity index is 835. The summed E-state index contributed by atoms with van der Waals surface area (Å²) in [4.78, 5) is 9.24. The number of nitrogens with zero attached hydrogens (tertiary/aromatic N) is 3. The number of benzene rings is 2. The van der Waals surface area contributed by atoms with E-state index in [1.54, 1.807) is 13.3 Å². The summed E-state index contributed by atoms with van der Waals surface area (Å²) in [5, 5.41) is 0. The van der Waals surface area contributed by atoms with Gasteiger partial charge in [-0.15, -0.1) is 0 Å². The van der Waals surface area contributed by atoms with E-state index in [1.807, 2.05) is 73.1 Å². The van der Waals surface area contributed by atoms with Gasteiger partial charge in [-0.1, -0.05) is 42.5 Å². The quantitative estimate of drug-likeness (QED) is 0.539. The van der Waals surface area contributed by atoms with Crippen molar-refractivity contribution >= 4 is 11.5 Å². The van der Waals surface area contributed by atoms with Gasteiger partial charge in [0, 0.05) is 18.0 Å². The monoisotopic (exact) mass is 305 g/mol. The van der Waals surface area contributed by atoms with Crippen molar-refractivity contribution in [3.63, 3.8) is 0 Å². The zero-order valence-corrected chi connectivity index (χ0v) is 13.5. The summed E-state index contributed by atoms with van der Waals surface area (Å²) >= 11 is 0. The van der Waals surface area contributed by atoms with Crippen LogP contribution in [0.2, 0.25) is 0 Å². The number of aromatic nitrogens is 2. The number of hydrogen-bond acceptors (Lipinski definition) is 3. The molecule has 116 valence electrons. The summed E-state index contributed by atoms with van der Waals surface area (Å²) in [6, 6.07) is 16.0. The molecule has 0 aliphatic carbocycles. The maximum absolute atomic E-state index is 5.48. The van der Waals surface area contributed by atoms with E-state index in [2.05, 4.69) is 4.98 Å². The van der Waals surface area contributed by atoms with Gasteiger partial charge in [-0.05, 0) is 25.5 Å². The van der Waals surface area contributed by atoms with Crippen molar-refractivity contribution in [2.45, 2.75) is 13.8 Å². The maximum Gasteiger partial charge on any atom is 0.146 e. The Morgan fingerprint density at radius 3 is 2.48 bits per heavy atom. The number of ether oxygens (including phenoxy) is 1. The average molecular weight is 305 g/mol. The lowest BCUT2D eigenvalue weighted by Crippen LogP contribution is -2.14. The van der Waals surface area contributed by atoms with Crippen LogP contribution in [-0.4, -0.2) is 22.5 Å². The predicted octanol–water partition coefficient (Wildman–Crippen LogP) is 4.14. The molecular formula is C19H19N3O. The lowest BCUT2D eigenvalue weighted by Gasteiger charge is -2.13. The second kappa shape index (κ2) is 6.48. The summed E-state index contributed by atoms with van der Waals surface area (Å²) in [5.41, 5.74) is 2.93. The van der Waals surface area contributed by atoms with E-state index in [0.29, 0.717) is 0 Å². The fraction of sp³-hybridized carbons (Fsp3) is 0.158. The molecule has 4 nitrogen and oxygen atoms in total. The number of aliphatic imine (C=N–C) groups is 1. The van der Waals surface area contributed by atoms with Crippen molar-refractivity contribution in [1.29, 1.82) is 0 Å². The topological polar surface area (TPSA) is 39.4 Å². The van der Waals surface area contributed by atoms with Crippen molar-refractivity contribution in [1.82, 2.24) is 9.55 Å². The molecule has 23 heavy (non-hydrogen) atoms. The van der Waals surface area contributed by atoms with Crippen molar-refractivity contribution in [2.24, 2.45) is 4.99 Å². The van der Waals surface area contributed by atoms with Gasteiger partial charge in [-0.3, -0.25) is 4.57 Å². The molecule has 0 unspecified atom stereocenters. The fourth-order valence-electron chi connectivity index (χ4n) is 2.49. The molecule has 0 saturated heterocycles. The van der Waals surface area contributed by atoms with E-state index >= 15 is 0 Å². The first-order valence-corrected chi connectivity index (χ1v) is 7.48. The van der Waals surface area contributed by atoms with Crippen LogP contribution in [0.1, 0.15) is 17.0 Å². The molecule has 0 aliphatic heterocycles. The second-order valence-electron chi connectivity index (χ2n) is 5.27. The van der Waals surface area contributed by atoms with Crippen LogP contribution >= 0.6 is 0 Å². The molecule has 0 spiro atoms. The molecule has 0 N–H and O–H groups in total. The van der Waals surface area contributed by atoms with E-state index < -0.39 is 0 Å². The van der Waals surface area contributed by atoms with Crippen LogP contribution in [-0.2, 0) is 0 Å². The van der Waals surface area contributed by atoms with E-state index in [1.165, 1.54) is 0 Å². The van der Waals surface area contributed by atoms with Gasteiger partial charge in [0.2, 0.25) is 0 Å². The highest BCUT2D eigenvalue weighted by molar-refractivity contribution is 6.02. The predicted molar refractivity (Wildman–Crippen MR) is 92.7 cm³/mol. The second-order valence-corrected chi connectivity index (χ2v) is 5.27. The summed E-state index contributed by atoms with van der Waals surface area (Å²) in [5.74, 6) is 2.48. The Morgan fingerprint density at radius 1 is 1.04 bits per heavy atom. The normalized spacial score (nSPS) is 11.5. The minimum absolute atomic E-state index is 0.760. The molecule has 3 aromatic rings. The van der Waals surface area contributed by atoms with E-state index in [9.17, 15) is 0 Å². The number of methoxy groups -OCH3 is 1. The highest BCUT2D eigenvalue weighted by atomic mass is 16.5. The maximum atomic E-state index is 5.48. The van der Waals surface area contributed by atoms with Gasteiger partial charge in [0.25, 0.3) is 0 Å². The third-order valence-electron chi connectivity index (χ3n) is 3.72. The van der Waals surface area contributed by atoms with E-state index in [0.717, 1.165) is 34.2 Å². The van der Waals surface area contributed by atoms with Crippen LogP contribution in [0, 0.1) is 13.8 Å². The minimum atomic E-state index is 0.760. The first kappa shape index (κ1) is 15.0.